The Bertz CT molecular complexity index is 293. The summed E-state index contributed by atoms with van der Waals surface area (Å²) in [6, 6.07) is 0.488. The first-order valence-corrected chi connectivity index (χ1v) is 7.07. The summed E-state index contributed by atoms with van der Waals surface area (Å²) in [7, 11) is 0. The van der Waals surface area contributed by atoms with Gasteiger partial charge < -0.3 is 5.32 Å². The first kappa shape index (κ1) is 14.2. The summed E-state index contributed by atoms with van der Waals surface area (Å²) in [5, 5.41) is 8.00. The van der Waals surface area contributed by atoms with Crippen molar-refractivity contribution in [3.63, 3.8) is 0 Å². The summed E-state index contributed by atoms with van der Waals surface area (Å²) in [6.07, 6.45) is 10.5. The van der Waals surface area contributed by atoms with Crippen molar-refractivity contribution in [2.45, 2.75) is 65.5 Å². The SMILES string of the molecule is CCCCCC(NCCC)c1cnn(CC)c1. The molecule has 1 rings (SSSR count). The van der Waals surface area contributed by atoms with Crippen LogP contribution in [0.1, 0.15) is 64.5 Å². The Labute approximate surface area is 106 Å². The second-order valence-electron chi connectivity index (χ2n) is 4.63. The van der Waals surface area contributed by atoms with Crippen LogP contribution in [0.2, 0.25) is 0 Å². The van der Waals surface area contributed by atoms with E-state index in [1.807, 2.05) is 10.9 Å². The van der Waals surface area contributed by atoms with Gasteiger partial charge in [-0.1, -0.05) is 33.1 Å². The highest BCUT2D eigenvalue weighted by Crippen LogP contribution is 2.19. The van der Waals surface area contributed by atoms with Crippen LogP contribution in [0, 0.1) is 0 Å². The lowest BCUT2D eigenvalue weighted by molar-refractivity contribution is 0.474. The molecule has 0 aromatic carbocycles. The van der Waals surface area contributed by atoms with Crippen LogP contribution < -0.4 is 5.32 Å². The monoisotopic (exact) mass is 237 g/mol. The van der Waals surface area contributed by atoms with E-state index in [9.17, 15) is 0 Å². The van der Waals surface area contributed by atoms with Crippen LogP contribution in [-0.2, 0) is 6.54 Å². The average Bonchev–Trinajstić information content (AvgIpc) is 2.82. The van der Waals surface area contributed by atoms with Crippen LogP contribution in [0.25, 0.3) is 0 Å². The summed E-state index contributed by atoms with van der Waals surface area (Å²) in [5.41, 5.74) is 1.34. The van der Waals surface area contributed by atoms with Crippen molar-refractivity contribution in [1.29, 1.82) is 0 Å². The first-order valence-electron chi connectivity index (χ1n) is 7.07. The van der Waals surface area contributed by atoms with Crippen LogP contribution in [0.5, 0.6) is 0 Å². The molecule has 0 saturated heterocycles. The predicted octanol–water partition coefficient (Wildman–Crippen LogP) is 3.52. The van der Waals surface area contributed by atoms with Gasteiger partial charge in [0.15, 0.2) is 0 Å². The van der Waals surface area contributed by atoms with Gasteiger partial charge in [-0.3, -0.25) is 4.68 Å². The number of unbranched alkanes of at least 4 members (excludes halogenated alkanes) is 2. The van der Waals surface area contributed by atoms with E-state index in [1.54, 1.807) is 0 Å². The number of rotatable bonds is 9. The maximum Gasteiger partial charge on any atom is 0.0537 e. The molecule has 0 bridgehead atoms. The summed E-state index contributed by atoms with van der Waals surface area (Å²) in [5.74, 6) is 0. The van der Waals surface area contributed by atoms with Crippen molar-refractivity contribution in [3.05, 3.63) is 18.0 Å². The van der Waals surface area contributed by atoms with Gasteiger partial charge >= 0.3 is 0 Å². The minimum Gasteiger partial charge on any atom is -0.310 e. The number of hydrogen-bond donors (Lipinski definition) is 1. The Kier molecular flexibility index (Phi) is 6.94. The third kappa shape index (κ3) is 4.90. The molecule has 1 unspecified atom stereocenters. The van der Waals surface area contributed by atoms with E-state index in [0.717, 1.165) is 13.1 Å². The Morgan fingerprint density at radius 1 is 1.24 bits per heavy atom. The molecule has 0 spiro atoms. The molecular weight excluding hydrogens is 210 g/mol. The standard InChI is InChI=1S/C14H27N3/c1-4-7-8-9-14(15-10-5-2)13-11-16-17(6-3)12-13/h11-12,14-15H,4-10H2,1-3H3. The van der Waals surface area contributed by atoms with Gasteiger partial charge in [-0.05, 0) is 26.3 Å². The minimum atomic E-state index is 0.488. The molecule has 0 radical (unpaired) electrons. The number of aromatic nitrogens is 2. The Hall–Kier alpha value is -0.830. The Balaban J connectivity index is 2.54. The van der Waals surface area contributed by atoms with Gasteiger partial charge in [0.1, 0.15) is 0 Å². The normalized spacial score (nSPS) is 12.9. The van der Waals surface area contributed by atoms with E-state index in [0.29, 0.717) is 6.04 Å². The van der Waals surface area contributed by atoms with E-state index in [2.05, 4.69) is 37.4 Å². The molecule has 3 heteroatoms. The van der Waals surface area contributed by atoms with Gasteiger partial charge in [-0.15, -0.1) is 0 Å². The fraction of sp³-hybridized carbons (Fsp3) is 0.786. The van der Waals surface area contributed by atoms with Crippen LogP contribution in [0.15, 0.2) is 12.4 Å². The van der Waals surface area contributed by atoms with E-state index < -0.39 is 0 Å². The van der Waals surface area contributed by atoms with Crippen molar-refractivity contribution in [1.82, 2.24) is 15.1 Å². The molecule has 0 fully saturated rings. The van der Waals surface area contributed by atoms with Crippen molar-refractivity contribution in [3.8, 4) is 0 Å². The molecular formula is C14H27N3. The molecule has 0 aliphatic heterocycles. The number of aryl methyl sites for hydroxylation is 1. The summed E-state index contributed by atoms with van der Waals surface area (Å²) >= 11 is 0. The van der Waals surface area contributed by atoms with Crippen LogP contribution >= 0.6 is 0 Å². The summed E-state index contributed by atoms with van der Waals surface area (Å²) in [6.45, 7) is 8.64. The van der Waals surface area contributed by atoms with Gasteiger partial charge in [0.2, 0.25) is 0 Å². The fourth-order valence-electron chi connectivity index (χ4n) is 2.04. The number of nitrogens with zero attached hydrogens (tertiary/aromatic N) is 2. The van der Waals surface area contributed by atoms with E-state index in [-0.39, 0.29) is 0 Å². The average molecular weight is 237 g/mol. The van der Waals surface area contributed by atoms with Crippen molar-refractivity contribution in [2.24, 2.45) is 0 Å². The van der Waals surface area contributed by atoms with E-state index in [4.69, 9.17) is 0 Å². The van der Waals surface area contributed by atoms with E-state index >= 15 is 0 Å². The molecule has 1 heterocycles. The fourth-order valence-corrected chi connectivity index (χ4v) is 2.04. The topological polar surface area (TPSA) is 29.9 Å². The first-order chi connectivity index (χ1) is 8.31. The highest BCUT2D eigenvalue weighted by molar-refractivity contribution is 5.10. The van der Waals surface area contributed by atoms with Gasteiger partial charge in [-0.2, -0.15) is 5.10 Å². The number of hydrogen-bond acceptors (Lipinski definition) is 2. The smallest absolute Gasteiger partial charge is 0.0537 e. The molecule has 17 heavy (non-hydrogen) atoms. The Morgan fingerprint density at radius 2 is 2.06 bits per heavy atom. The molecule has 0 amide bonds. The third-order valence-corrected chi connectivity index (χ3v) is 3.12. The molecule has 1 aromatic heterocycles. The highest BCUT2D eigenvalue weighted by Gasteiger charge is 2.11. The molecule has 0 aliphatic rings. The molecule has 1 aromatic rings. The lowest BCUT2D eigenvalue weighted by atomic mass is 10.0. The molecule has 1 N–H and O–H groups in total. The van der Waals surface area contributed by atoms with Crippen LogP contribution in [-0.4, -0.2) is 16.3 Å². The molecule has 3 nitrogen and oxygen atoms in total. The predicted molar refractivity (Wildman–Crippen MR) is 73.1 cm³/mol. The van der Waals surface area contributed by atoms with Crippen molar-refractivity contribution < 1.29 is 0 Å². The summed E-state index contributed by atoms with van der Waals surface area (Å²) in [4.78, 5) is 0. The molecule has 98 valence electrons. The lowest BCUT2D eigenvalue weighted by Crippen LogP contribution is -2.21. The van der Waals surface area contributed by atoms with Crippen LogP contribution in [0.4, 0.5) is 0 Å². The zero-order chi connectivity index (χ0) is 12.5. The number of nitrogens with one attached hydrogen (secondary N) is 1. The largest absolute Gasteiger partial charge is 0.310 e. The lowest BCUT2D eigenvalue weighted by Gasteiger charge is -2.16. The van der Waals surface area contributed by atoms with Gasteiger partial charge in [-0.25, -0.2) is 0 Å². The quantitative estimate of drug-likeness (QED) is 0.666. The highest BCUT2D eigenvalue weighted by atomic mass is 15.3. The second kappa shape index (κ2) is 8.29. The molecule has 1 atom stereocenters. The van der Waals surface area contributed by atoms with Gasteiger partial charge in [0.25, 0.3) is 0 Å². The maximum absolute atomic E-state index is 4.37. The minimum absolute atomic E-state index is 0.488. The Morgan fingerprint density at radius 3 is 2.65 bits per heavy atom. The molecule has 0 aliphatic carbocycles. The summed E-state index contributed by atoms with van der Waals surface area (Å²) < 4.78 is 2.01. The third-order valence-electron chi connectivity index (χ3n) is 3.12. The van der Waals surface area contributed by atoms with Gasteiger partial charge in [0, 0.05) is 24.3 Å². The molecule has 0 saturated carbocycles. The maximum atomic E-state index is 4.37. The zero-order valence-electron chi connectivity index (χ0n) is 11.6. The van der Waals surface area contributed by atoms with E-state index in [1.165, 1.54) is 37.7 Å². The van der Waals surface area contributed by atoms with Crippen molar-refractivity contribution >= 4 is 0 Å². The second-order valence-corrected chi connectivity index (χ2v) is 4.63. The zero-order valence-corrected chi connectivity index (χ0v) is 11.6. The van der Waals surface area contributed by atoms with Crippen LogP contribution in [0.3, 0.4) is 0 Å². The van der Waals surface area contributed by atoms with Crippen molar-refractivity contribution in [2.75, 3.05) is 6.54 Å². The van der Waals surface area contributed by atoms with Gasteiger partial charge in [0.05, 0.1) is 6.20 Å².